The molecule has 0 bridgehead atoms. The van der Waals surface area contributed by atoms with E-state index in [-0.39, 0.29) is 19.1 Å². The first-order valence-electron chi connectivity index (χ1n) is 12.0. The van der Waals surface area contributed by atoms with Crippen molar-refractivity contribution in [2.45, 2.75) is 26.3 Å². The Hall–Kier alpha value is -4.62. The van der Waals surface area contributed by atoms with Crippen molar-refractivity contribution < 1.29 is 19.1 Å². The molecule has 0 atom stereocenters. The quantitative estimate of drug-likeness (QED) is 0.273. The Labute approximate surface area is 216 Å². The average molecular weight is 496 g/mol. The summed E-state index contributed by atoms with van der Waals surface area (Å²) < 4.78 is 11.2. The summed E-state index contributed by atoms with van der Waals surface area (Å²) in [4.78, 5) is 25.6. The van der Waals surface area contributed by atoms with Crippen LogP contribution < -0.4 is 21.1 Å². The summed E-state index contributed by atoms with van der Waals surface area (Å²) in [5, 5.41) is 5.64. The molecule has 0 radical (unpaired) electrons. The van der Waals surface area contributed by atoms with Crippen LogP contribution in [0, 0.1) is 0 Å². The number of nitrogens with one attached hydrogen (secondary N) is 2. The molecule has 0 heterocycles. The Kier molecular flexibility index (Phi) is 8.88. The fourth-order valence-electron chi connectivity index (χ4n) is 3.67. The van der Waals surface area contributed by atoms with Crippen molar-refractivity contribution in [1.29, 1.82) is 0 Å². The van der Waals surface area contributed by atoms with Gasteiger partial charge in [-0.05, 0) is 46.5 Å². The number of ether oxygens (including phenoxy) is 2. The molecule has 0 spiro atoms. The third kappa shape index (κ3) is 7.68. The van der Waals surface area contributed by atoms with Crippen LogP contribution in [0.1, 0.15) is 32.6 Å². The van der Waals surface area contributed by atoms with E-state index in [1.54, 1.807) is 24.3 Å². The number of alkyl carbamates (subject to hydrolysis) is 1. The molecule has 2 amide bonds. The number of carbonyl (C=O) groups excluding carboxylic acids is 2. The molecule has 188 valence electrons. The Balaban J connectivity index is 1.47. The van der Waals surface area contributed by atoms with Gasteiger partial charge in [-0.1, -0.05) is 78.9 Å². The molecule has 37 heavy (non-hydrogen) atoms. The third-order valence-electron chi connectivity index (χ3n) is 5.63. The molecule has 0 saturated heterocycles. The van der Waals surface area contributed by atoms with Crippen molar-refractivity contribution in [2.75, 3.05) is 5.32 Å². The number of rotatable bonds is 10. The van der Waals surface area contributed by atoms with Crippen LogP contribution in [0.15, 0.2) is 103 Å². The molecule has 7 heteroatoms. The molecule has 4 rings (SSSR count). The lowest BCUT2D eigenvalue weighted by Gasteiger charge is -2.14. The van der Waals surface area contributed by atoms with Gasteiger partial charge in [0, 0.05) is 24.3 Å². The number of benzene rings is 4. The first-order chi connectivity index (χ1) is 18.1. The zero-order chi connectivity index (χ0) is 25.9. The number of anilines is 1. The minimum atomic E-state index is -0.574. The number of hydrogen-bond donors (Lipinski definition) is 3. The Morgan fingerprint density at radius 3 is 2.11 bits per heavy atom. The Bertz CT molecular complexity index is 1330. The first kappa shape index (κ1) is 25.5. The lowest BCUT2D eigenvalue weighted by atomic mass is 10.1. The topological polar surface area (TPSA) is 103 Å². The lowest BCUT2D eigenvalue weighted by Crippen LogP contribution is -2.25. The highest BCUT2D eigenvalue weighted by molar-refractivity contribution is 6.05. The smallest absolute Gasteiger partial charge is 0.407 e. The summed E-state index contributed by atoms with van der Waals surface area (Å²) in [5.74, 6) is 0.217. The van der Waals surface area contributed by atoms with Gasteiger partial charge < -0.3 is 25.8 Å². The van der Waals surface area contributed by atoms with E-state index in [0.717, 1.165) is 16.7 Å². The van der Waals surface area contributed by atoms with Crippen molar-refractivity contribution >= 4 is 17.7 Å². The highest BCUT2D eigenvalue weighted by atomic mass is 16.5. The van der Waals surface area contributed by atoms with Crippen molar-refractivity contribution in [3.05, 3.63) is 131 Å². The van der Waals surface area contributed by atoms with Crippen LogP contribution in [0.2, 0.25) is 0 Å². The van der Waals surface area contributed by atoms with E-state index in [9.17, 15) is 9.59 Å². The van der Waals surface area contributed by atoms with Gasteiger partial charge in [-0.3, -0.25) is 4.79 Å². The normalized spacial score (nSPS) is 10.4. The summed E-state index contributed by atoms with van der Waals surface area (Å²) in [6.45, 7) is 0.999. The molecule has 4 aromatic rings. The van der Waals surface area contributed by atoms with E-state index in [2.05, 4.69) is 10.6 Å². The average Bonchev–Trinajstić information content (AvgIpc) is 2.95. The maximum Gasteiger partial charge on any atom is 0.407 e. The molecule has 7 nitrogen and oxygen atoms in total. The standard InChI is InChI=1S/C30H29N3O4/c31-18-24-12-7-13-26(16-24)33-29(34)28-17-27(36-20-22-8-3-1-4-9-22)15-14-25(28)19-32-30(35)37-21-23-10-5-2-6-11-23/h1-17H,18-21,31H2,(H,32,35)(H,33,34). The molecule has 0 aliphatic carbocycles. The predicted molar refractivity (Wildman–Crippen MR) is 143 cm³/mol. The molecule has 0 fully saturated rings. The molecule has 4 N–H and O–H groups in total. The van der Waals surface area contributed by atoms with E-state index in [1.165, 1.54) is 0 Å². The second kappa shape index (κ2) is 12.9. The maximum atomic E-state index is 13.3. The van der Waals surface area contributed by atoms with Gasteiger partial charge in [-0.25, -0.2) is 4.79 Å². The molecule has 0 unspecified atom stereocenters. The van der Waals surface area contributed by atoms with Gasteiger partial charge in [-0.2, -0.15) is 0 Å². The summed E-state index contributed by atoms with van der Waals surface area (Å²) in [6, 6.07) is 31.8. The van der Waals surface area contributed by atoms with Crippen LogP contribution in [-0.2, 0) is 31.0 Å². The molecule has 4 aromatic carbocycles. The lowest BCUT2D eigenvalue weighted by molar-refractivity contribution is 0.102. The van der Waals surface area contributed by atoms with Gasteiger partial charge in [0.05, 0.1) is 0 Å². The van der Waals surface area contributed by atoms with Gasteiger partial charge in [0.2, 0.25) is 0 Å². The van der Waals surface area contributed by atoms with Gasteiger partial charge in [0.1, 0.15) is 19.0 Å². The molecule has 0 aromatic heterocycles. The van der Waals surface area contributed by atoms with Crippen LogP contribution in [0.25, 0.3) is 0 Å². The Morgan fingerprint density at radius 2 is 1.41 bits per heavy atom. The summed E-state index contributed by atoms with van der Waals surface area (Å²) in [7, 11) is 0. The zero-order valence-electron chi connectivity index (χ0n) is 20.4. The molecule has 0 aliphatic rings. The van der Waals surface area contributed by atoms with Crippen LogP contribution >= 0.6 is 0 Å². The van der Waals surface area contributed by atoms with Crippen LogP contribution in [0.3, 0.4) is 0 Å². The van der Waals surface area contributed by atoms with Gasteiger partial charge >= 0.3 is 6.09 Å². The minimum Gasteiger partial charge on any atom is -0.489 e. The van der Waals surface area contributed by atoms with Gasteiger partial charge in [-0.15, -0.1) is 0 Å². The second-order valence-corrected chi connectivity index (χ2v) is 8.37. The molecular formula is C30H29N3O4. The van der Waals surface area contributed by atoms with Crippen LogP contribution in [0.5, 0.6) is 5.75 Å². The maximum absolute atomic E-state index is 13.3. The minimum absolute atomic E-state index is 0.109. The highest BCUT2D eigenvalue weighted by Crippen LogP contribution is 2.21. The summed E-state index contributed by atoms with van der Waals surface area (Å²) in [5.41, 5.74) is 10.2. The van der Waals surface area contributed by atoms with E-state index >= 15 is 0 Å². The van der Waals surface area contributed by atoms with E-state index in [4.69, 9.17) is 15.2 Å². The second-order valence-electron chi connectivity index (χ2n) is 8.37. The number of amides is 2. The SMILES string of the molecule is NCc1cccc(NC(=O)c2cc(OCc3ccccc3)ccc2CNC(=O)OCc2ccccc2)c1. The van der Waals surface area contributed by atoms with E-state index < -0.39 is 6.09 Å². The van der Waals surface area contributed by atoms with E-state index in [0.29, 0.717) is 35.7 Å². The summed E-state index contributed by atoms with van der Waals surface area (Å²) >= 11 is 0. The fourth-order valence-corrected chi connectivity index (χ4v) is 3.67. The third-order valence-corrected chi connectivity index (χ3v) is 5.63. The largest absolute Gasteiger partial charge is 0.489 e. The monoisotopic (exact) mass is 495 g/mol. The number of nitrogens with two attached hydrogens (primary N) is 1. The van der Waals surface area contributed by atoms with Crippen molar-refractivity contribution in [2.24, 2.45) is 5.73 Å². The highest BCUT2D eigenvalue weighted by Gasteiger charge is 2.15. The molecule has 0 aliphatic heterocycles. The number of hydrogen-bond acceptors (Lipinski definition) is 5. The van der Waals surface area contributed by atoms with Crippen LogP contribution in [-0.4, -0.2) is 12.0 Å². The van der Waals surface area contributed by atoms with Crippen LogP contribution in [0.4, 0.5) is 10.5 Å². The van der Waals surface area contributed by atoms with Crippen molar-refractivity contribution in [3.8, 4) is 5.75 Å². The van der Waals surface area contributed by atoms with Gasteiger partial charge in [0.25, 0.3) is 5.91 Å². The number of carbonyl (C=O) groups is 2. The Morgan fingerprint density at radius 1 is 0.730 bits per heavy atom. The van der Waals surface area contributed by atoms with E-state index in [1.807, 2.05) is 78.9 Å². The molecular weight excluding hydrogens is 466 g/mol. The van der Waals surface area contributed by atoms with Gasteiger partial charge in [0.15, 0.2) is 0 Å². The zero-order valence-corrected chi connectivity index (χ0v) is 20.4. The molecule has 0 saturated carbocycles. The summed E-state index contributed by atoms with van der Waals surface area (Å²) in [6.07, 6.45) is -0.574. The predicted octanol–water partition coefficient (Wildman–Crippen LogP) is 5.40. The van der Waals surface area contributed by atoms with Crippen molar-refractivity contribution in [3.63, 3.8) is 0 Å². The first-order valence-corrected chi connectivity index (χ1v) is 12.0. The fraction of sp³-hybridized carbons (Fsp3) is 0.133. The van der Waals surface area contributed by atoms with Crippen molar-refractivity contribution in [1.82, 2.24) is 5.32 Å².